The van der Waals surface area contributed by atoms with Gasteiger partial charge in [-0.15, -0.1) is 0 Å². The molecule has 178 valence electrons. The molecule has 34 heavy (non-hydrogen) atoms. The smallest absolute Gasteiger partial charge is 0.343 e. The van der Waals surface area contributed by atoms with E-state index in [1.807, 2.05) is 0 Å². The van der Waals surface area contributed by atoms with Crippen LogP contribution in [0.3, 0.4) is 0 Å². The van der Waals surface area contributed by atoms with Crippen LogP contribution in [0.15, 0.2) is 72.8 Å². The highest BCUT2D eigenvalue weighted by Crippen LogP contribution is 2.20. The summed E-state index contributed by atoms with van der Waals surface area (Å²) in [6.45, 7) is 5.53. The van der Waals surface area contributed by atoms with E-state index in [0.29, 0.717) is 35.8 Å². The third kappa shape index (κ3) is 7.66. The van der Waals surface area contributed by atoms with Gasteiger partial charge >= 0.3 is 5.97 Å². The van der Waals surface area contributed by atoms with Crippen LogP contribution in [0.2, 0.25) is 0 Å². The minimum Gasteiger partial charge on any atom is -0.494 e. The number of hydrogen-bond donors (Lipinski definition) is 1. The maximum atomic E-state index is 12.5. The number of unbranched alkanes of at least 4 members (excludes halogenated alkanes) is 2. The number of rotatable bonds is 12. The maximum Gasteiger partial charge on any atom is 0.343 e. The van der Waals surface area contributed by atoms with Crippen molar-refractivity contribution in [1.29, 1.82) is 0 Å². The third-order valence-electron chi connectivity index (χ3n) is 5.06. The Morgan fingerprint density at radius 1 is 0.647 bits per heavy atom. The lowest BCUT2D eigenvalue weighted by Crippen LogP contribution is -2.12. The Balaban J connectivity index is 1.50. The number of esters is 1. The van der Waals surface area contributed by atoms with Crippen molar-refractivity contribution in [3.05, 3.63) is 83.9 Å². The number of carbonyl (C=O) groups excluding carboxylic acids is 2. The number of benzene rings is 3. The predicted molar refractivity (Wildman–Crippen MR) is 133 cm³/mol. The zero-order valence-corrected chi connectivity index (χ0v) is 19.7. The second kappa shape index (κ2) is 13.0. The van der Waals surface area contributed by atoms with Gasteiger partial charge in [0, 0.05) is 11.3 Å². The maximum absolute atomic E-state index is 12.5. The summed E-state index contributed by atoms with van der Waals surface area (Å²) >= 11 is 0. The Bertz CT molecular complexity index is 957. The highest BCUT2D eigenvalue weighted by atomic mass is 16.5. The molecule has 0 atom stereocenters. The van der Waals surface area contributed by atoms with E-state index in [2.05, 4.69) is 19.2 Å². The SMILES string of the molecule is CCCCOc1ccc(C(=O)Nc2ccc(OC(=O)c3ccc(OCCCC)cc3)cc2)cc1. The van der Waals surface area contributed by atoms with Crippen molar-refractivity contribution in [2.45, 2.75) is 39.5 Å². The van der Waals surface area contributed by atoms with E-state index in [4.69, 9.17) is 14.2 Å². The van der Waals surface area contributed by atoms with Crippen LogP contribution in [0.1, 0.15) is 60.2 Å². The molecule has 0 bridgehead atoms. The summed E-state index contributed by atoms with van der Waals surface area (Å²) in [5.74, 6) is 1.17. The van der Waals surface area contributed by atoms with Crippen molar-refractivity contribution < 1.29 is 23.8 Å². The first kappa shape index (κ1) is 24.8. The lowest BCUT2D eigenvalue weighted by atomic mass is 10.2. The Morgan fingerprint density at radius 3 is 1.62 bits per heavy atom. The van der Waals surface area contributed by atoms with Crippen LogP contribution >= 0.6 is 0 Å². The molecule has 0 aliphatic heterocycles. The Hall–Kier alpha value is -3.80. The number of carbonyl (C=O) groups is 2. The topological polar surface area (TPSA) is 73.9 Å². The fraction of sp³-hybridized carbons (Fsp3) is 0.286. The van der Waals surface area contributed by atoms with Gasteiger partial charge in [0.25, 0.3) is 5.91 Å². The minimum absolute atomic E-state index is 0.230. The quantitative estimate of drug-likeness (QED) is 0.189. The first-order chi connectivity index (χ1) is 16.6. The molecule has 6 nitrogen and oxygen atoms in total. The zero-order valence-electron chi connectivity index (χ0n) is 19.7. The molecule has 0 saturated heterocycles. The number of anilines is 1. The van der Waals surface area contributed by atoms with Gasteiger partial charge in [0.05, 0.1) is 18.8 Å². The van der Waals surface area contributed by atoms with Crippen LogP contribution < -0.4 is 19.5 Å². The molecule has 3 aromatic carbocycles. The van der Waals surface area contributed by atoms with E-state index in [9.17, 15) is 9.59 Å². The zero-order chi connectivity index (χ0) is 24.2. The molecule has 3 aromatic rings. The van der Waals surface area contributed by atoms with Crippen molar-refractivity contribution in [3.8, 4) is 17.2 Å². The van der Waals surface area contributed by atoms with E-state index in [1.54, 1.807) is 72.8 Å². The average molecular weight is 462 g/mol. The molecule has 0 spiro atoms. The fourth-order valence-corrected chi connectivity index (χ4v) is 3.03. The molecule has 0 aliphatic rings. The number of hydrogen-bond acceptors (Lipinski definition) is 5. The van der Waals surface area contributed by atoms with Crippen LogP contribution in [-0.2, 0) is 0 Å². The van der Waals surface area contributed by atoms with E-state index in [-0.39, 0.29) is 5.91 Å². The van der Waals surface area contributed by atoms with E-state index in [1.165, 1.54) is 0 Å². The van der Waals surface area contributed by atoms with Gasteiger partial charge in [0.2, 0.25) is 0 Å². The summed E-state index contributed by atoms with van der Waals surface area (Å²) in [5, 5.41) is 2.84. The van der Waals surface area contributed by atoms with Gasteiger partial charge in [-0.3, -0.25) is 4.79 Å². The molecule has 0 aliphatic carbocycles. The molecule has 1 amide bonds. The van der Waals surface area contributed by atoms with Gasteiger partial charge in [-0.1, -0.05) is 26.7 Å². The Labute approximate surface area is 200 Å². The van der Waals surface area contributed by atoms with Crippen LogP contribution in [0, 0.1) is 0 Å². The second-order valence-electron chi connectivity index (χ2n) is 7.82. The highest BCUT2D eigenvalue weighted by molar-refractivity contribution is 6.04. The molecule has 3 rings (SSSR count). The lowest BCUT2D eigenvalue weighted by molar-refractivity contribution is 0.0734. The van der Waals surface area contributed by atoms with Gasteiger partial charge in [-0.2, -0.15) is 0 Å². The lowest BCUT2D eigenvalue weighted by Gasteiger charge is -2.09. The summed E-state index contributed by atoms with van der Waals surface area (Å²) in [5.41, 5.74) is 1.56. The summed E-state index contributed by atoms with van der Waals surface area (Å²) in [6.07, 6.45) is 4.11. The van der Waals surface area contributed by atoms with Crippen LogP contribution in [0.25, 0.3) is 0 Å². The van der Waals surface area contributed by atoms with Crippen molar-refractivity contribution in [3.63, 3.8) is 0 Å². The van der Waals surface area contributed by atoms with E-state index >= 15 is 0 Å². The molecule has 0 heterocycles. The predicted octanol–water partition coefficient (Wildman–Crippen LogP) is 6.52. The minimum atomic E-state index is -0.460. The van der Waals surface area contributed by atoms with Crippen LogP contribution in [0.4, 0.5) is 5.69 Å². The number of ether oxygens (including phenoxy) is 3. The second-order valence-corrected chi connectivity index (χ2v) is 7.82. The van der Waals surface area contributed by atoms with Gasteiger partial charge in [0.1, 0.15) is 17.2 Å². The largest absolute Gasteiger partial charge is 0.494 e. The first-order valence-corrected chi connectivity index (χ1v) is 11.7. The van der Waals surface area contributed by atoms with Crippen molar-refractivity contribution in [2.24, 2.45) is 0 Å². The van der Waals surface area contributed by atoms with Crippen molar-refractivity contribution in [2.75, 3.05) is 18.5 Å². The standard InChI is InChI=1S/C28H31NO5/c1-3-5-19-32-24-13-7-21(8-14-24)27(30)29-23-11-17-26(18-12-23)34-28(31)22-9-15-25(16-10-22)33-20-6-4-2/h7-18H,3-6,19-20H2,1-2H3,(H,29,30). The van der Waals surface area contributed by atoms with Gasteiger partial charge in [-0.05, 0) is 85.6 Å². The normalized spacial score (nSPS) is 10.4. The van der Waals surface area contributed by atoms with E-state index in [0.717, 1.165) is 37.2 Å². The highest BCUT2D eigenvalue weighted by Gasteiger charge is 2.10. The first-order valence-electron chi connectivity index (χ1n) is 11.7. The molecule has 0 saturated carbocycles. The molecule has 0 unspecified atom stereocenters. The monoisotopic (exact) mass is 461 g/mol. The summed E-state index contributed by atoms with van der Waals surface area (Å²) in [4.78, 5) is 24.9. The fourth-order valence-electron chi connectivity index (χ4n) is 3.03. The van der Waals surface area contributed by atoms with Gasteiger partial charge < -0.3 is 19.5 Å². The molecular formula is C28H31NO5. The van der Waals surface area contributed by atoms with Crippen LogP contribution in [-0.4, -0.2) is 25.1 Å². The summed E-state index contributed by atoms with van der Waals surface area (Å²) in [7, 11) is 0. The molecule has 0 radical (unpaired) electrons. The molecule has 6 heteroatoms. The van der Waals surface area contributed by atoms with Crippen LogP contribution in [0.5, 0.6) is 17.2 Å². The van der Waals surface area contributed by atoms with Gasteiger partial charge in [0.15, 0.2) is 0 Å². The summed E-state index contributed by atoms with van der Waals surface area (Å²) in [6, 6.07) is 20.6. The Morgan fingerprint density at radius 2 is 1.12 bits per heavy atom. The van der Waals surface area contributed by atoms with E-state index < -0.39 is 5.97 Å². The molecule has 0 aromatic heterocycles. The number of nitrogens with one attached hydrogen (secondary N) is 1. The van der Waals surface area contributed by atoms with Crippen molar-refractivity contribution in [1.82, 2.24) is 0 Å². The van der Waals surface area contributed by atoms with Gasteiger partial charge in [-0.25, -0.2) is 4.79 Å². The van der Waals surface area contributed by atoms with Crippen molar-refractivity contribution >= 4 is 17.6 Å². The molecule has 0 fully saturated rings. The third-order valence-corrected chi connectivity index (χ3v) is 5.06. The molecular weight excluding hydrogens is 430 g/mol. The summed E-state index contributed by atoms with van der Waals surface area (Å²) < 4.78 is 16.7. The Kier molecular flexibility index (Phi) is 9.52. The average Bonchev–Trinajstić information content (AvgIpc) is 2.86. The number of amides is 1. The molecule has 1 N–H and O–H groups in total.